The molecular weight excluding hydrogens is 326 g/mol. The summed E-state index contributed by atoms with van der Waals surface area (Å²) in [6.07, 6.45) is 5.79. The standard InChI is InChI=1S/C17H28BrN3/c1-13-6-5-8-21(9-7-13)16-14(10-15(18)12-19-16)11-20-17(2,3)4/h10,12-13,20H,5-9,11H2,1-4H3. The molecule has 1 aliphatic rings. The van der Waals surface area contributed by atoms with Crippen molar-refractivity contribution in [3.05, 3.63) is 22.3 Å². The number of nitrogens with zero attached hydrogens (tertiary/aromatic N) is 2. The van der Waals surface area contributed by atoms with Gasteiger partial charge in [-0.2, -0.15) is 0 Å². The van der Waals surface area contributed by atoms with Crippen LogP contribution in [0.15, 0.2) is 16.7 Å². The lowest BCUT2D eigenvalue weighted by Gasteiger charge is -2.26. The first kappa shape index (κ1) is 16.8. The SMILES string of the molecule is CC1CCCN(c2ncc(Br)cc2CNC(C)(C)C)CC1. The molecule has 1 fully saturated rings. The fraction of sp³-hybridized carbons (Fsp3) is 0.706. The number of aromatic nitrogens is 1. The largest absolute Gasteiger partial charge is 0.356 e. The average molecular weight is 354 g/mol. The second-order valence-electron chi connectivity index (χ2n) is 7.26. The summed E-state index contributed by atoms with van der Waals surface area (Å²) in [7, 11) is 0. The third-order valence-corrected chi connectivity index (χ3v) is 4.47. The second-order valence-corrected chi connectivity index (χ2v) is 8.18. The van der Waals surface area contributed by atoms with Crippen molar-refractivity contribution in [1.29, 1.82) is 0 Å². The Balaban J connectivity index is 2.17. The van der Waals surface area contributed by atoms with Crippen molar-refractivity contribution >= 4 is 21.7 Å². The zero-order valence-electron chi connectivity index (χ0n) is 13.7. The molecule has 2 heterocycles. The first-order chi connectivity index (χ1) is 9.85. The number of hydrogen-bond acceptors (Lipinski definition) is 3. The number of halogens is 1. The smallest absolute Gasteiger partial charge is 0.133 e. The molecule has 0 aliphatic carbocycles. The van der Waals surface area contributed by atoms with E-state index in [4.69, 9.17) is 4.98 Å². The van der Waals surface area contributed by atoms with Crippen LogP contribution in [0, 0.1) is 5.92 Å². The van der Waals surface area contributed by atoms with E-state index >= 15 is 0 Å². The maximum absolute atomic E-state index is 4.71. The van der Waals surface area contributed by atoms with Gasteiger partial charge in [-0.15, -0.1) is 0 Å². The van der Waals surface area contributed by atoms with Gasteiger partial charge in [-0.1, -0.05) is 6.92 Å². The number of pyridine rings is 1. The fourth-order valence-electron chi connectivity index (χ4n) is 2.72. The van der Waals surface area contributed by atoms with Gasteiger partial charge >= 0.3 is 0 Å². The Morgan fingerprint density at radius 2 is 2.10 bits per heavy atom. The van der Waals surface area contributed by atoms with Gasteiger partial charge in [0.15, 0.2) is 0 Å². The zero-order valence-corrected chi connectivity index (χ0v) is 15.3. The van der Waals surface area contributed by atoms with E-state index in [1.165, 1.54) is 24.8 Å². The van der Waals surface area contributed by atoms with E-state index < -0.39 is 0 Å². The van der Waals surface area contributed by atoms with Crippen molar-refractivity contribution in [2.24, 2.45) is 5.92 Å². The highest BCUT2D eigenvalue weighted by atomic mass is 79.9. The molecule has 0 saturated carbocycles. The lowest BCUT2D eigenvalue weighted by molar-refractivity contribution is 0.424. The van der Waals surface area contributed by atoms with E-state index in [2.05, 4.69) is 59.9 Å². The van der Waals surface area contributed by atoms with Gasteiger partial charge in [-0.25, -0.2) is 4.98 Å². The highest BCUT2D eigenvalue weighted by Crippen LogP contribution is 2.26. The van der Waals surface area contributed by atoms with Crippen molar-refractivity contribution < 1.29 is 0 Å². The van der Waals surface area contributed by atoms with E-state index in [1.807, 2.05) is 6.20 Å². The molecule has 0 spiro atoms. The predicted octanol–water partition coefficient (Wildman–Crippen LogP) is 4.36. The molecule has 4 heteroatoms. The monoisotopic (exact) mass is 353 g/mol. The van der Waals surface area contributed by atoms with Crippen LogP contribution in [-0.2, 0) is 6.54 Å². The van der Waals surface area contributed by atoms with Gasteiger partial charge in [-0.3, -0.25) is 0 Å². The van der Waals surface area contributed by atoms with Crippen LogP contribution in [0.3, 0.4) is 0 Å². The fourth-order valence-corrected chi connectivity index (χ4v) is 3.10. The van der Waals surface area contributed by atoms with Crippen molar-refractivity contribution in [3.63, 3.8) is 0 Å². The molecule has 1 unspecified atom stereocenters. The first-order valence-electron chi connectivity index (χ1n) is 7.99. The molecule has 1 atom stereocenters. The minimum atomic E-state index is 0.118. The van der Waals surface area contributed by atoms with Gasteiger partial charge in [-0.05, 0) is 67.9 Å². The summed E-state index contributed by atoms with van der Waals surface area (Å²) < 4.78 is 1.06. The van der Waals surface area contributed by atoms with E-state index in [-0.39, 0.29) is 5.54 Å². The molecule has 0 aromatic carbocycles. The number of hydrogen-bond donors (Lipinski definition) is 1. The van der Waals surface area contributed by atoms with Crippen molar-refractivity contribution in [1.82, 2.24) is 10.3 Å². The third kappa shape index (κ3) is 5.26. The summed E-state index contributed by atoms with van der Waals surface area (Å²) >= 11 is 3.56. The summed E-state index contributed by atoms with van der Waals surface area (Å²) in [5.74, 6) is 1.99. The number of rotatable bonds is 3. The molecule has 1 aromatic rings. The molecule has 0 radical (unpaired) electrons. The van der Waals surface area contributed by atoms with Gasteiger partial charge in [0, 0.05) is 41.4 Å². The van der Waals surface area contributed by atoms with Crippen LogP contribution in [0.2, 0.25) is 0 Å². The summed E-state index contributed by atoms with van der Waals surface area (Å²) in [5, 5.41) is 3.58. The Hall–Kier alpha value is -0.610. The Morgan fingerprint density at radius 1 is 1.33 bits per heavy atom. The van der Waals surface area contributed by atoms with Crippen LogP contribution in [0.25, 0.3) is 0 Å². The number of nitrogens with one attached hydrogen (secondary N) is 1. The summed E-state index contributed by atoms with van der Waals surface area (Å²) in [6, 6.07) is 2.20. The normalized spacial score (nSPS) is 20.4. The molecule has 1 aliphatic heterocycles. The van der Waals surface area contributed by atoms with Gasteiger partial charge in [0.05, 0.1) is 0 Å². The Morgan fingerprint density at radius 3 is 2.81 bits per heavy atom. The highest BCUT2D eigenvalue weighted by molar-refractivity contribution is 9.10. The molecule has 0 bridgehead atoms. The van der Waals surface area contributed by atoms with Crippen LogP contribution in [0.5, 0.6) is 0 Å². The van der Waals surface area contributed by atoms with Crippen molar-refractivity contribution in [2.45, 2.75) is 59.0 Å². The maximum atomic E-state index is 4.71. The Bertz CT molecular complexity index is 468. The van der Waals surface area contributed by atoms with Crippen molar-refractivity contribution in [3.8, 4) is 0 Å². The van der Waals surface area contributed by atoms with Crippen LogP contribution < -0.4 is 10.2 Å². The Kier molecular flexibility index (Phi) is 5.67. The van der Waals surface area contributed by atoms with E-state index in [0.717, 1.165) is 35.8 Å². The second kappa shape index (κ2) is 7.10. The number of anilines is 1. The predicted molar refractivity (Wildman–Crippen MR) is 93.8 cm³/mol. The van der Waals surface area contributed by atoms with Crippen LogP contribution >= 0.6 is 15.9 Å². The van der Waals surface area contributed by atoms with E-state index in [0.29, 0.717) is 0 Å². The molecule has 1 saturated heterocycles. The molecule has 0 amide bonds. The van der Waals surface area contributed by atoms with Crippen LogP contribution in [0.4, 0.5) is 5.82 Å². The molecule has 2 rings (SSSR count). The van der Waals surface area contributed by atoms with Crippen molar-refractivity contribution in [2.75, 3.05) is 18.0 Å². The lowest BCUT2D eigenvalue weighted by atomic mass is 10.0. The van der Waals surface area contributed by atoms with Crippen LogP contribution in [0.1, 0.15) is 52.5 Å². The molecule has 1 N–H and O–H groups in total. The van der Waals surface area contributed by atoms with Gasteiger partial charge < -0.3 is 10.2 Å². The third-order valence-electron chi connectivity index (χ3n) is 4.03. The minimum Gasteiger partial charge on any atom is -0.356 e. The topological polar surface area (TPSA) is 28.2 Å². The molecule has 21 heavy (non-hydrogen) atoms. The average Bonchev–Trinajstić information content (AvgIpc) is 2.61. The maximum Gasteiger partial charge on any atom is 0.133 e. The summed E-state index contributed by atoms with van der Waals surface area (Å²) in [6.45, 7) is 12.1. The van der Waals surface area contributed by atoms with Gasteiger partial charge in [0.2, 0.25) is 0 Å². The minimum absolute atomic E-state index is 0.118. The molecular formula is C17H28BrN3. The van der Waals surface area contributed by atoms with Gasteiger partial charge in [0.1, 0.15) is 5.82 Å². The molecule has 118 valence electrons. The molecule has 1 aromatic heterocycles. The van der Waals surface area contributed by atoms with Crippen LogP contribution in [-0.4, -0.2) is 23.6 Å². The summed E-state index contributed by atoms with van der Waals surface area (Å²) in [5.41, 5.74) is 1.40. The summed E-state index contributed by atoms with van der Waals surface area (Å²) in [4.78, 5) is 7.18. The first-order valence-corrected chi connectivity index (χ1v) is 8.79. The highest BCUT2D eigenvalue weighted by Gasteiger charge is 2.19. The quantitative estimate of drug-likeness (QED) is 0.874. The van der Waals surface area contributed by atoms with E-state index in [1.54, 1.807) is 0 Å². The Labute approximate surface area is 137 Å². The van der Waals surface area contributed by atoms with Gasteiger partial charge in [0.25, 0.3) is 0 Å². The molecule has 3 nitrogen and oxygen atoms in total. The van der Waals surface area contributed by atoms with E-state index in [9.17, 15) is 0 Å². The zero-order chi connectivity index (χ0) is 15.5. The lowest BCUT2D eigenvalue weighted by Crippen LogP contribution is -2.36.